The Hall–Kier alpha value is -3.93. The largest absolute Gasteiger partial charge is 0.494 e. The number of nitrogens with zero attached hydrogens (tertiary/aromatic N) is 7. The van der Waals surface area contributed by atoms with E-state index in [1.54, 1.807) is 35.7 Å². The van der Waals surface area contributed by atoms with E-state index in [2.05, 4.69) is 25.4 Å². The molecule has 1 aliphatic rings. The molecule has 3 heterocycles. The summed E-state index contributed by atoms with van der Waals surface area (Å²) in [6, 6.07) is 4.14. The van der Waals surface area contributed by atoms with Crippen molar-refractivity contribution in [3.8, 4) is 17.3 Å². The molecule has 0 unspecified atom stereocenters. The summed E-state index contributed by atoms with van der Waals surface area (Å²) in [6.45, 7) is 4.87. The van der Waals surface area contributed by atoms with E-state index < -0.39 is 11.6 Å². The third-order valence-electron chi connectivity index (χ3n) is 6.15. The molecule has 194 valence electrons. The predicted molar refractivity (Wildman–Crippen MR) is 132 cm³/mol. The van der Waals surface area contributed by atoms with Crippen LogP contribution in [0.3, 0.4) is 0 Å². The molecule has 1 N–H and O–H groups in total. The maximum Gasteiger partial charge on any atom is 0.227 e. The highest BCUT2D eigenvalue weighted by Gasteiger charge is 2.33. The summed E-state index contributed by atoms with van der Waals surface area (Å²) in [5.41, 5.74) is 2.34. The van der Waals surface area contributed by atoms with Crippen LogP contribution in [0.5, 0.6) is 5.75 Å². The van der Waals surface area contributed by atoms with E-state index in [4.69, 9.17) is 14.6 Å². The Kier molecular flexibility index (Phi) is 7.08. The molecule has 1 fully saturated rings. The number of aromatic nitrogens is 7. The summed E-state index contributed by atoms with van der Waals surface area (Å²) in [5, 5.41) is 12.6. The highest BCUT2D eigenvalue weighted by Crippen LogP contribution is 2.44. The van der Waals surface area contributed by atoms with Gasteiger partial charge >= 0.3 is 0 Å². The Morgan fingerprint density at radius 2 is 1.92 bits per heavy atom. The van der Waals surface area contributed by atoms with Crippen molar-refractivity contribution in [1.29, 1.82) is 0 Å². The number of benzene rings is 1. The lowest BCUT2D eigenvalue weighted by molar-refractivity contribution is 0.184. The van der Waals surface area contributed by atoms with Gasteiger partial charge in [-0.05, 0) is 32.8 Å². The Balaban J connectivity index is 1.51. The van der Waals surface area contributed by atoms with Crippen molar-refractivity contribution in [2.24, 2.45) is 0 Å². The molecule has 0 spiro atoms. The van der Waals surface area contributed by atoms with Crippen molar-refractivity contribution in [2.75, 3.05) is 25.6 Å². The molecule has 0 amide bonds. The molecule has 0 bridgehead atoms. The van der Waals surface area contributed by atoms with Gasteiger partial charge in [0.2, 0.25) is 11.8 Å². The summed E-state index contributed by atoms with van der Waals surface area (Å²) >= 11 is 0. The van der Waals surface area contributed by atoms with Gasteiger partial charge in [0.15, 0.2) is 0 Å². The lowest BCUT2D eigenvalue weighted by Crippen LogP contribution is -2.10. The minimum Gasteiger partial charge on any atom is -0.494 e. The second-order valence-electron chi connectivity index (χ2n) is 8.78. The second-order valence-corrected chi connectivity index (χ2v) is 8.78. The maximum atomic E-state index is 14.9. The van der Waals surface area contributed by atoms with Crippen LogP contribution in [-0.4, -0.2) is 54.8 Å². The van der Waals surface area contributed by atoms with E-state index in [-0.39, 0.29) is 23.8 Å². The third kappa shape index (κ3) is 5.29. The monoisotopic (exact) mass is 510 g/mol. The zero-order valence-corrected chi connectivity index (χ0v) is 20.9. The fraction of sp³-hybridized carbons (Fsp3) is 0.400. The topological polar surface area (TPSA) is 105 Å². The lowest BCUT2D eigenvalue weighted by Gasteiger charge is -2.11. The standard InChI is InChI=1S/C25H28F2N8O2/c1-4-37-17-11-19(26)18(20(27)12-17)13-35-23(16-5-6-16)15(2)22(32-35)24-31-25(34(33-24)9-10-36-3)30-21-7-8-28-14-29-21/h7-8,11-12,14,16H,4-6,9-10,13H2,1-3H3,(H,28,29,30,31,33). The van der Waals surface area contributed by atoms with Gasteiger partial charge < -0.3 is 14.8 Å². The molecule has 0 atom stereocenters. The number of nitrogens with one attached hydrogen (secondary N) is 1. The fourth-order valence-electron chi connectivity index (χ4n) is 4.25. The molecular formula is C25H28F2N8O2. The average molecular weight is 511 g/mol. The van der Waals surface area contributed by atoms with E-state index in [1.165, 1.54) is 18.5 Å². The molecule has 12 heteroatoms. The van der Waals surface area contributed by atoms with Crippen molar-refractivity contribution < 1.29 is 18.3 Å². The quantitative estimate of drug-likeness (QED) is 0.320. The number of hydrogen-bond acceptors (Lipinski definition) is 8. The highest BCUT2D eigenvalue weighted by atomic mass is 19.1. The summed E-state index contributed by atoms with van der Waals surface area (Å²) in [4.78, 5) is 12.8. The van der Waals surface area contributed by atoms with E-state index in [0.29, 0.717) is 43.0 Å². The van der Waals surface area contributed by atoms with Gasteiger partial charge in [-0.15, -0.1) is 5.10 Å². The van der Waals surface area contributed by atoms with E-state index in [1.807, 2.05) is 6.92 Å². The summed E-state index contributed by atoms with van der Waals surface area (Å²) in [5.74, 6) is 0.542. The lowest BCUT2D eigenvalue weighted by atomic mass is 10.1. The van der Waals surface area contributed by atoms with Crippen LogP contribution in [0.4, 0.5) is 20.5 Å². The normalized spacial score (nSPS) is 13.2. The minimum atomic E-state index is -0.668. The predicted octanol–water partition coefficient (Wildman–Crippen LogP) is 4.23. The first-order chi connectivity index (χ1) is 18.0. The number of rotatable bonds is 11. The van der Waals surface area contributed by atoms with Crippen LogP contribution < -0.4 is 10.1 Å². The summed E-state index contributed by atoms with van der Waals surface area (Å²) < 4.78 is 43.6. The molecule has 0 radical (unpaired) electrons. The van der Waals surface area contributed by atoms with Gasteiger partial charge in [0, 0.05) is 48.2 Å². The van der Waals surface area contributed by atoms with E-state index >= 15 is 0 Å². The first-order valence-corrected chi connectivity index (χ1v) is 12.1. The maximum absolute atomic E-state index is 14.9. The average Bonchev–Trinajstić information content (AvgIpc) is 3.56. The number of anilines is 2. The first kappa shape index (κ1) is 24.8. The van der Waals surface area contributed by atoms with Crippen molar-refractivity contribution >= 4 is 11.8 Å². The van der Waals surface area contributed by atoms with Gasteiger partial charge in [-0.3, -0.25) is 4.68 Å². The molecule has 37 heavy (non-hydrogen) atoms. The molecule has 0 aliphatic heterocycles. The van der Waals surface area contributed by atoms with Crippen LogP contribution in [0.2, 0.25) is 0 Å². The van der Waals surface area contributed by atoms with Crippen molar-refractivity contribution in [1.82, 2.24) is 34.5 Å². The highest BCUT2D eigenvalue weighted by molar-refractivity contribution is 5.60. The van der Waals surface area contributed by atoms with Gasteiger partial charge in [-0.25, -0.2) is 23.4 Å². The molecule has 1 aliphatic carbocycles. The molecule has 10 nitrogen and oxygen atoms in total. The smallest absolute Gasteiger partial charge is 0.227 e. The molecule has 1 aromatic carbocycles. The molecule has 4 aromatic rings. The Morgan fingerprint density at radius 3 is 2.57 bits per heavy atom. The SMILES string of the molecule is CCOc1cc(F)c(Cn2nc(-c3nc(Nc4ccncn4)n(CCOC)n3)c(C)c2C2CC2)c(F)c1. The van der Waals surface area contributed by atoms with Gasteiger partial charge in [0.05, 0.1) is 26.3 Å². The second kappa shape index (κ2) is 10.6. The van der Waals surface area contributed by atoms with E-state index in [0.717, 1.165) is 24.1 Å². The third-order valence-corrected chi connectivity index (χ3v) is 6.15. The Morgan fingerprint density at radius 1 is 1.14 bits per heavy atom. The molecule has 5 rings (SSSR count). The molecule has 0 saturated heterocycles. The van der Waals surface area contributed by atoms with Gasteiger partial charge in [0.25, 0.3) is 0 Å². The summed E-state index contributed by atoms with van der Waals surface area (Å²) in [7, 11) is 1.61. The first-order valence-electron chi connectivity index (χ1n) is 12.1. The molecular weight excluding hydrogens is 482 g/mol. The number of hydrogen-bond donors (Lipinski definition) is 1. The van der Waals surface area contributed by atoms with Crippen molar-refractivity contribution in [3.05, 3.63) is 59.2 Å². The number of halogens is 2. The van der Waals surface area contributed by atoms with Crippen LogP contribution in [0.15, 0.2) is 30.7 Å². The van der Waals surface area contributed by atoms with Crippen LogP contribution in [-0.2, 0) is 17.8 Å². The van der Waals surface area contributed by atoms with Crippen molar-refractivity contribution in [3.63, 3.8) is 0 Å². The zero-order valence-electron chi connectivity index (χ0n) is 20.9. The fourth-order valence-corrected chi connectivity index (χ4v) is 4.25. The molecule has 3 aromatic heterocycles. The van der Waals surface area contributed by atoms with Crippen molar-refractivity contribution in [2.45, 2.75) is 45.7 Å². The Labute approximate surface area is 212 Å². The number of methoxy groups -OCH3 is 1. The van der Waals surface area contributed by atoms with Gasteiger partial charge in [-0.1, -0.05) is 0 Å². The molecule has 1 saturated carbocycles. The van der Waals surface area contributed by atoms with Gasteiger partial charge in [0.1, 0.15) is 35.2 Å². The van der Waals surface area contributed by atoms with Gasteiger partial charge in [-0.2, -0.15) is 10.1 Å². The zero-order chi connectivity index (χ0) is 25.9. The van der Waals surface area contributed by atoms with E-state index in [9.17, 15) is 8.78 Å². The minimum absolute atomic E-state index is 0.0484. The summed E-state index contributed by atoms with van der Waals surface area (Å²) in [6.07, 6.45) is 5.05. The van der Waals surface area contributed by atoms with Crippen LogP contribution in [0, 0.1) is 18.6 Å². The van der Waals surface area contributed by atoms with Crippen LogP contribution in [0.1, 0.15) is 42.5 Å². The Bertz CT molecular complexity index is 1360. The van der Waals surface area contributed by atoms with Crippen LogP contribution >= 0.6 is 0 Å². The van der Waals surface area contributed by atoms with Crippen LogP contribution in [0.25, 0.3) is 11.5 Å². The number of ether oxygens (including phenoxy) is 2.